The zero-order valence-electron chi connectivity index (χ0n) is 36.4. The van der Waals surface area contributed by atoms with Crippen molar-refractivity contribution in [2.24, 2.45) is 0 Å². The van der Waals surface area contributed by atoms with Gasteiger partial charge in [-0.2, -0.15) is 0 Å². The molecule has 0 spiro atoms. The van der Waals surface area contributed by atoms with Crippen molar-refractivity contribution in [3.63, 3.8) is 0 Å². The fraction of sp³-hybridized carbons (Fsp3) is 0.208. The Kier molecular flexibility index (Phi) is 17.8. The van der Waals surface area contributed by atoms with E-state index in [0.29, 0.717) is 0 Å². The molecule has 368 valence electrons. The molecule has 0 saturated heterocycles. The summed E-state index contributed by atoms with van der Waals surface area (Å²) >= 11 is 0. The Labute approximate surface area is 401 Å². The van der Waals surface area contributed by atoms with Crippen LogP contribution in [-0.4, -0.2) is 29.9 Å². The second-order valence-electron chi connectivity index (χ2n) is 15.4. The minimum atomic E-state index is -10.7. The van der Waals surface area contributed by atoms with E-state index in [2.05, 4.69) is 103 Å². The van der Waals surface area contributed by atoms with Crippen LogP contribution < -0.4 is 0 Å². The smallest absolute Gasteiger partial charge is 0.254 e. The summed E-state index contributed by atoms with van der Waals surface area (Å²) < 4.78 is 118. The molecule has 0 saturated carbocycles. The largest absolute Gasteiger partial charge is 2.00 e. The standard InChI is InChI=1S/C24H28N2.2C12H8N2.2F6P.Ru/c1-2-3-4-5-6-7-8-9-10-11-14-20-19-21-15-12-17-25-23(21)24-22(20)16-13-18-26-24;2*1-3-9-5-6-10-4-2-8-14-12(10)11(9)13-7-1;2*1-7(2,3,4,5)6;/h1,12-13,15-19H,3-11,14H2;2*1-8H;;;/q;;;2*-1;+2. The van der Waals surface area contributed by atoms with E-state index in [1.54, 1.807) is 24.8 Å². The van der Waals surface area contributed by atoms with Crippen molar-refractivity contribution in [2.45, 2.75) is 64.2 Å². The minimum Gasteiger partial charge on any atom is -0.254 e. The molecule has 21 heteroatoms. The summed E-state index contributed by atoms with van der Waals surface area (Å²) in [5.74, 6) is 2.72. The molecule has 0 unspecified atom stereocenters. The number of terminal acetylenes is 1. The first-order valence-electron chi connectivity index (χ1n) is 21.0. The van der Waals surface area contributed by atoms with Crippen molar-refractivity contribution in [3.05, 3.63) is 146 Å². The van der Waals surface area contributed by atoms with Gasteiger partial charge in [0.1, 0.15) is 0 Å². The molecule has 0 aliphatic heterocycles. The molecule has 0 amide bonds. The van der Waals surface area contributed by atoms with E-state index in [1.807, 2.05) is 48.8 Å². The van der Waals surface area contributed by atoms with E-state index < -0.39 is 15.6 Å². The summed E-state index contributed by atoms with van der Waals surface area (Å²) in [6.45, 7) is 0. The molecule has 0 radical (unpaired) electrons. The molecule has 0 N–H and O–H groups in total. The molecule has 6 nitrogen and oxygen atoms in total. The number of rotatable bonds is 10. The third-order valence-electron chi connectivity index (χ3n) is 9.75. The summed E-state index contributed by atoms with van der Waals surface area (Å²) in [6, 6.07) is 34.9. The van der Waals surface area contributed by atoms with Gasteiger partial charge < -0.3 is 0 Å². The number of unbranched alkanes of at least 4 members (excludes halogenated alkanes) is 8. The van der Waals surface area contributed by atoms with Crippen LogP contribution in [0.1, 0.15) is 63.4 Å². The molecule has 3 aromatic carbocycles. The van der Waals surface area contributed by atoms with E-state index in [0.717, 1.165) is 67.5 Å². The van der Waals surface area contributed by atoms with Gasteiger partial charge in [0, 0.05) is 75.9 Å². The van der Waals surface area contributed by atoms with E-state index in [9.17, 15) is 50.4 Å². The fourth-order valence-electron chi connectivity index (χ4n) is 7.02. The summed E-state index contributed by atoms with van der Waals surface area (Å²) in [4.78, 5) is 26.5. The molecular formula is C48H44F12N6P2Ru. The average molecular weight is 1100 g/mol. The van der Waals surface area contributed by atoms with Gasteiger partial charge in [-0.1, -0.05) is 99.2 Å². The van der Waals surface area contributed by atoms with E-state index in [-0.39, 0.29) is 19.5 Å². The van der Waals surface area contributed by atoms with Gasteiger partial charge in [0.25, 0.3) is 0 Å². The van der Waals surface area contributed by atoms with E-state index in [1.165, 1.54) is 67.7 Å². The van der Waals surface area contributed by atoms with E-state index in [4.69, 9.17) is 6.42 Å². The van der Waals surface area contributed by atoms with Gasteiger partial charge >= 0.3 is 85.5 Å². The first-order valence-corrected chi connectivity index (χ1v) is 25.1. The van der Waals surface area contributed by atoms with Crippen molar-refractivity contribution >= 4 is 81.0 Å². The fourth-order valence-corrected chi connectivity index (χ4v) is 7.02. The second-order valence-corrected chi connectivity index (χ2v) is 19.2. The molecular weight excluding hydrogens is 1050 g/mol. The summed E-state index contributed by atoms with van der Waals surface area (Å²) in [5, 5.41) is 7.00. The van der Waals surface area contributed by atoms with Crippen LogP contribution in [-0.2, 0) is 25.9 Å². The van der Waals surface area contributed by atoms with Gasteiger partial charge in [0.05, 0.1) is 33.1 Å². The number of pyridine rings is 6. The predicted molar refractivity (Wildman–Crippen MR) is 252 cm³/mol. The Balaban J connectivity index is 0.000000205. The second kappa shape index (κ2) is 22.0. The van der Waals surface area contributed by atoms with Crippen molar-refractivity contribution in [1.29, 1.82) is 0 Å². The first-order chi connectivity index (χ1) is 31.7. The zero-order chi connectivity index (χ0) is 49.6. The third kappa shape index (κ3) is 21.7. The van der Waals surface area contributed by atoms with Crippen LogP contribution in [0.3, 0.4) is 0 Å². The quantitative estimate of drug-likeness (QED) is 0.0339. The Morgan fingerprint density at radius 2 is 0.638 bits per heavy atom. The number of benzene rings is 3. The number of aryl methyl sites for hydroxylation is 1. The van der Waals surface area contributed by atoms with Crippen LogP contribution in [0.4, 0.5) is 50.4 Å². The monoisotopic (exact) mass is 1100 g/mol. The Morgan fingerprint density at radius 1 is 0.362 bits per heavy atom. The molecule has 6 heterocycles. The maximum absolute atomic E-state index is 10.7. The van der Waals surface area contributed by atoms with Crippen molar-refractivity contribution in [1.82, 2.24) is 29.9 Å². The van der Waals surface area contributed by atoms with Crippen molar-refractivity contribution in [3.8, 4) is 12.3 Å². The van der Waals surface area contributed by atoms with Crippen molar-refractivity contribution < 1.29 is 69.8 Å². The summed E-state index contributed by atoms with van der Waals surface area (Å²) in [5.41, 5.74) is 7.36. The van der Waals surface area contributed by atoms with Gasteiger partial charge in [-0.05, 0) is 67.3 Å². The Bertz CT molecular complexity index is 2910. The van der Waals surface area contributed by atoms with Gasteiger partial charge in [-0.15, -0.1) is 12.3 Å². The van der Waals surface area contributed by atoms with Crippen LogP contribution in [0.2, 0.25) is 0 Å². The van der Waals surface area contributed by atoms with Gasteiger partial charge in [-0.25, -0.2) is 0 Å². The zero-order valence-corrected chi connectivity index (χ0v) is 39.9. The number of fused-ring (bicyclic) bond motifs is 9. The average Bonchev–Trinajstić information content (AvgIpc) is 3.28. The minimum absolute atomic E-state index is 0. The molecule has 0 atom stereocenters. The predicted octanol–water partition coefficient (Wildman–Crippen LogP) is 18.8. The maximum Gasteiger partial charge on any atom is 2.00 e. The van der Waals surface area contributed by atoms with Crippen LogP contribution in [0.15, 0.2) is 140 Å². The summed E-state index contributed by atoms with van der Waals surface area (Å²) in [7, 11) is -21.3. The molecule has 6 aromatic heterocycles. The molecule has 0 aliphatic carbocycles. The normalized spacial score (nSPS) is 13.3. The number of hydrogen-bond donors (Lipinski definition) is 0. The molecule has 0 bridgehead atoms. The SMILES string of the molecule is C#CCCCCCCCCCCc1cc2cccnc2c2ncccc12.F[P-](F)(F)(F)(F)F.F[P-](F)(F)(F)(F)F.[Ru+2].c1cnc2c(c1)ccc1cccnc12.c1cnc2c(c1)ccc1cccnc12. The van der Waals surface area contributed by atoms with Gasteiger partial charge in [0.15, 0.2) is 0 Å². The van der Waals surface area contributed by atoms with Crippen LogP contribution in [0.25, 0.3) is 65.4 Å². The Hall–Kier alpha value is -5.68. The molecule has 0 fully saturated rings. The van der Waals surface area contributed by atoms with Crippen molar-refractivity contribution in [2.75, 3.05) is 0 Å². The van der Waals surface area contributed by atoms with Crippen LogP contribution in [0.5, 0.6) is 0 Å². The first kappa shape index (κ1) is 55.9. The molecule has 69 heavy (non-hydrogen) atoms. The molecule has 9 rings (SSSR count). The van der Waals surface area contributed by atoms with Gasteiger partial charge in [-0.3, -0.25) is 29.9 Å². The molecule has 9 aromatic rings. The van der Waals surface area contributed by atoms with Gasteiger partial charge in [0.2, 0.25) is 0 Å². The number of nitrogens with zero attached hydrogens (tertiary/aromatic N) is 6. The van der Waals surface area contributed by atoms with Crippen LogP contribution >= 0.6 is 15.6 Å². The Morgan fingerprint density at radius 3 is 0.986 bits per heavy atom. The number of aromatic nitrogens is 6. The number of halogens is 12. The topological polar surface area (TPSA) is 77.3 Å². The number of hydrogen-bond acceptors (Lipinski definition) is 6. The third-order valence-corrected chi connectivity index (χ3v) is 9.75. The van der Waals surface area contributed by atoms with E-state index >= 15 is 0 Å². The summed E-state index contributed by atoms with van der Waals surface area (Å²) in [6.07, 6.45) is 28.6. The van der Waals surface area contributed by atoms with Crippen LogP contribution in [0, 0.1) is 12.3 Å². The molecule has 0 aliphatic rings. The maximum atomic E-state index is 9.87.